The first-order chi connectivity index (χ1) is 7.75. The Hall–Kier alpha value is -0.770. The van der Waals surface area contributed by atoms with Crippen LogP contribution < -0.4 is 5.73 Å². The van der Waals surface area contributed by atoms with Gasteiger partial charge in [0.05, 0.1) is 0 Å². The standard InChI is InChI=1S/C13H24N2O2/c1-11(2,3)15(10(16)17)13-6-4-12(8-13,9-14)5-7-13/h4-9,14H2,1-3H3,(H,16,17). The number of carbonyl (C=O) groups is 1. The molecule has 4 nitrogen and oxygen atoms in total. The van der Waals surface area contributed by atoms with E-state index < -0.39 is 6.09 Å². The molecular formula is C13H24N2O2. The number of rotatable bonds is 2. The fourth-order valence-electron chi connectivity index (χ4n) is 4.08. The molecule has 0 radical (unpaired) electrons. The highest BCUT2D eigenvalue weighted by Gasteiger charge is 2.59. The van der Waals surface area contributed by atoms with Gasteiger partial charge in [-0.1, -0.05) is 0 Å². The molecule has 2 saturated carbocycles. The predicted octanol–water partition coefficient (Wildman–Crippen LogP) is 2.43. The van der Waals surface area contributed by atoms with Crippen molar-refractivity contribution in [3.05, 3.63) is 0 Å². The van der Waals surface area contributed by atoms with Gasteiger partial charge in [-0.15, -0.1) is 0 Å². The van der Waals surface area contributed by atoms with Gasteiger partial charge in [-0.3, -0.25) is 4.90 Å². The molecule has 0 aromatic heterocycles. The number of nitrogens with two attached hydrogens (primary N) is 1. The second-order valence-corrected chi connectivity index (χ2v) is 6.89. The van der Waals surface area contributed by atoms with Crippen molar-refractivity contribution in [1.82, 2.24) is 4.90 Å². The van der Waals surface area contributed by atoms with E-state index in [9.17, 15) is 9.90 Å². The summed E-state index contributed by atoms with van der Waals surface area (Å²) in [6.45, 7) is 6.65. The Labute approximate surface area is 103 Å². The van der Waals surface area contributed by atoms with E-state index in [4.69, 9.17) is 5.73 Å². The maximum absolute atomic E-state index is 11.6. The molecule has 0 heterocycles. The Morgan fingerprint density at radius 3 is 2.12 bits per heavy atom. The first kappa shape index (κ1) is 12.7. The highest BCUT2D eigenvalue weighted by molar-refractivity contribution is 5.67. The summed E-state index contributed by atoms with van der Waals surface area (Å²) in [6, 6.07) is 0. The smallest absolute Gasteiger partial charge is 0.408 e. The number of carboxylic acid groups (broad SMARTS) is 1. The van der Waals surface area contributed by atoms with Crippen LogP contribution in [0, 0.1) is 5.41 Å². The summed E-state index contributed by atoms with van der Waals surface area (Å²) in [6.07, 6.45) is 4.31. The maximum atomic E-state index is 11.6. The van der Waals surface area contributed by atoms with Crippen molar-refractivity contribution in [3.8, 4) is 0 Å². The fourth-order valence-corrected chi connectivity index (χ4v) is 4.08. The van der Waals surface area contributed by atoms with Crippen LogP contribution in [0.2, 0.25) is 0 Å². The molecule has 2 bridgehead atoms. The van der Waals surface area contributed by atoms with E-state index in [0.29, 0.717) is 6.54 Å². The molecule has 0 aromatic carbocycles. The number of amides is 1. The normalized spacial score (nSPS) is 36.2. The lowest BCUT2D eigenvalue weighted by molar-refractivity contribution is 0.0200. The molecule has 0 saturated heterocycles. The fraction of sp³-hybridized carbons (Fsp3) is 0.923. The molecule has 0 aliphatic heterocycles. The van der Waals surface area contributed by atoms with Gasteiger partial charge in [0.1, 0.15) is 0 Å². The molecule has 2 aliphatic rings. The molecule has 4 heteroatoms. The van der Waals surface area contributed by atoms with Crippen LogP contribution in [0.4, 0.5) is 4.79 Å². The van der Waals surface area contributed by atoms with E-state index in [2.05, 4.69) is 0 Å². The molecule has 98 valence electrons. The van der Waals surface area contributed by atoms with Crippen molar-refractivity contribution in [3.63, 3.8) is 0 Å². The van der Waals surface area contributed by atoms with Crippen molar-refractivity contribution >= 4 is 6.09 Å². The quantitative estimate of drug-likeness (QED) is 0.779. The van der Waals surface area contributed by atoms with E-state index in [1.54, 1.807) is 4.90 Å². The van der Waals surface area contributed by atoms with Crippen LogP contribution in [0.3, 0.4) is 0 Å². The summed E-state index contributed by atoms with van der Waals surface area (Å²) in [5, 5.41) is 9.54. The van der Waals surface area contributed by atoms with Gasteiger partial charge in [0.25, 0.3) is 0 Å². The lowest BCUT2D eigenvalue weighted by Crippen LogP contribution is -2.57. The predicted molar refractivity (Wildman–Crippen MR) is 66.9 cm³/mol. The summed E-state index contributed by atoms with van der Waals surface area (Å²) in [7, 11) is 0. The first-order valence-electron chi connectivity index (χ1n) is 6.48. The number of hydrogen-bond acceptors (Lipinski definition) is 2. The summed E-state index contributed by atoms with van der Waals surface area (Å²) in [5.74, 6) is 0. The van der Waals surface area contributed by atoms with Gasteiger partial charge in [-0.2, -0.15) is 0 Å². The second-order valence-electron chi connectivity index (χ2n) is 6.89. The zero-order valence-electron chi connectivity index (χ0n) is 11.1. The highest BCUT2D eigenvalue weighted by Crippen LogP contribution is 2.59. The van der Waals surface area contributed by atoms with Crippen LogP contribution in [0.25, 0.3) is 0 Å². The van der Waals surface area contributed by atoms with Gasteiger partial charge in [0.2, 0.25) is 0 Å². The minimum absolute atomic E-state index is 0.149. The van der Waals surface area contributed by atoms with E-state index in [1.165, 1.54) is 0 Å². The molecule has 17 heavy (non-hydrogen) atoms. The lowest BCUT2D eigenvalue weighted by atomic mass is 9.83. The van der Waals surface area contributed by atoms with E-state index in [1.807, 2.05) is 20.8 Å². The summed E-state index contributed by atoms with van der Waals surface area (Å²) in [4.78, 5) is 13.3. The molecule has 0 unspecified atom stereocenters. The molecule has 3 N–H and O–H groups in total. The molecule has 1 amide bonds. The molecule has 2 aliphatic carbocycles. The summed E-state index contributed by atoms with van der Waals surface area (Å²) in [5.41, 5.74) is 5.62. The molecule has 0 aromatic rings. The van der Waals surface area contributed by atoms with Crippen molar-refractivity contribution in [2.24, 2.45) is 11.1 Å². The molecular weight excluding hydrogens is 216 g/mol. The third-order valence-electron chi connectivity index (χ3n) is 4.71. The first-order valence-corrected chi connectivity index (χ1v) is 6.48. The Bertz CT molecular complexity index is 325. The van der Waals surface area contributed by atoms with E-state index in [-0.39, 0.29) is 16.5 Å². The van der Waals surface area contributed by atoms with E-state index in [0.717, 1.165) is 32.1 Å². The molecule has 0 spiro atoms. The topological polar surface area (TPSA) is 66.6 Å². The Morgan fingerprint density at radius 2 is 1.82 bits per heavy atom. The number of hydrogen-bond donors (Lipinski definition) is 2. The Balaban J connectivity index is 2.31. The minimum atomic E-state index is -0.785. The minimum Gasteiger partial charge on any atom is -0.465 e. The third kappa shape index (κ3) is 1.82. The van der Waals surface area contributed by atoms with Gasteiger partial charge < -0.3 is 10.8 Å². The summed E-state index contributed by atoms with van der Waals surface area (Å²) >= 11 is 0. The van der Waals surface area contributed by atoms with Crippen LogP contribution in [0.5, 0.6) is 0 Å². The monoisotopic (exact) mass is 240 g/mol. The van der Waals surface area contributed by atoms with Gasteiger partial charge >= 0.3 is 6.09 Å². The molecule has 2 rings (SSSR count). The zero-order chi connectivity index (χ0) is 12.9. The SMILES string of the molecule is CC(C)(C)N(C(=O)O)C12CCC(CN)(CC1)C2. The van der Waals surface area contributed by atoms with Crippen molar-refractivity contribution in [2.45, 2.75) is 64.0 Å². The van der Waals surface area contributed by atoms with Crippen LogP contribution in [-0.2, 0) is 0 Å². The zero-order valence-corrected chi connectivity index (χ0v) is 11.1. The van der Waals surface area contributed by atoms with Crippen LogP contribution in [-0.4, -0.2) is 33.7 Å². The second kappa shape index (κ2) is 3.61. The molecule has 0 atom stereocenters. The average Bonchev–Trinajstić information content (AvgIpc) is 2.71. The maximum Gasteiger partial charge on any atom is 0.408 e. The van der Waals surface area contributed by atoms with Crippen LogP contribution >= 0.6 is 0 Å². The van der Waals surface area contributed by atoms with Gasteiger partial charge in [0.15, 0.2) is 0 Å². The summed E-state index contributed by atoms with van der Waals surface area (Å²) < 4.78 is 0. The van der Waals surface area contributed by atoms with Gasteiger partial charge in [-0.25, -0.2) is 4.79 Å². The van der Waals surface area contributed by atoms with Crippen LogP contribution in [0.1, 0.15) is 52.9 Å². The largest absolute Gasteiger partial charge is 0.465 e. The third-order valence-corrected chi connectivity index (χ3v) is 4.71. The van der Waals surface area contributed by atoms with Crippen molar-refractivity contribution < 1.29 is 9.90 Å². The van der Waals surface area contributed by atoms with E-state index >= 15 is 0 Å². The Kier molecular flexibility index (Phi) is 2.69. The average molecular weight is 240 g/mol. The van der Waals surface area contributed by atoms with Crippen molar-refractivity contribution in [1.29, 1.82) is 0 Å². The highest BCUT2D eigenvalue weighted by atomic mass is 16.4. The lowest BCUT2D eigenvalue weighted by Gasteiger charge is -2.46. The molecule has 2 fully saturated rings. The van der Waals surface area contributed by atoms with Crippen molar-refractivity contribution in [2.75, 3.05) is 6.54 Å². The number of nitrogens with zero attached hydrogens (tertiary/aromatic N) is 1. The van der Waals surface area contributed by atoms with Crippen LogP contribution in [0.15, 0.2) is 0 Å². The number of fused-ring (bicyclic) bond motifs is 2. The van der Waals surface area contributed by atoms with Gasteiger partial charge in [-0.05, 0) is 64.8 Å². The van der Waals surface area contributed by atoms with Gasteiger partial charge in [0, 0.05) is 11.1 Å². The Morgan fingerprint density at radius 1 is 1.29 bits per heavy atom.